The molecule has 1 aromatic carbocycles. The molecule has 1 fully saturated rings. The molecule has 1 aliphatic rings. The summed E-state index contributed by atoms with van der Waals surface area (Å²) in [6.07, 6.45) is 0. The minimum absolute atomic E-state index is 0. The number of hydrogen-bond acceptors (Lipinski definition) is 3. The van der Waals surface area contributed by atoms with Gasteiger partial charge in [-0.05, 0) is 18.9 Å². The van der Waals surface area contributed by atoms with Crippen LogP contribution < -0.4 is 10.5 Å². The quantitative estimate of drug-likeness (QED) is 0.915. The van der Waals surface area contributed by atoms with Crippen LogP contribution in [0.15, 0.2) is 18.2 Å². The maximum absolute atomic E-state index is 6.05. The van der Waals surface area contributed by atoms with Gasteiger partial charge in [-0.25, -0.2) is 0 Å². The minimum Gasteiger partial charge on any atom is -0.496 e. The van der Waals surface area contributed by atoms with Gasteiger partial charge in [0.2, 0.25) is 0 Å². The van der Waals surface area contributed by atoms with Crippen molar-refractivity contribution < 1.29 is 4.74 Å². The summed E-state index contributed by atoms with van der Waals surface area (Å²) in [5, 5.41) is 0. The van der Waals surface area contributed by atoms with E-state index in [1.165, 1.54) is 11.1 Å². The highest BCUT2D eigenvalue weighted by Crippen LogP contribution is 2.24. The predicted molar refractivity (Wildman–Crippen MR) is 77.4 cm³/mol. The van der Waals surface area contributed by atoms with Gasteiger partial charge >= 0.3 is 0 Å². The van der Waals surface area contributed by atoms with Gasteiger partial charge in [-0.15, -0.1) is 12.4 Å². The van der Waals surface area contributed by atoms with Crippen molar-refractivity contribution in [2.45, 2.75) is 26.4 Å². The van der Waals surface area contributed by atoms with E-state index in [0.717, 1.165) is 25.4 Å². The average molecular weight is 271 g/mol. The molecule has 0 spiro atoms. The van der Waals surface area contributed by atoms with Crippen molar-refractivity contribution in [1.29, 1.82) is 0 Å². The summed E-state index contributed by atoms with van der Waals surface area (Å²) in [6, 6.07) is 6.64. The zero-order chi connectivity index (χ0) is 12.4. The number of nitrogens with zero attached hydrogens (tertiary/aromatic N) is 1. The third-order valence-corrected chi connectivity index (χ3v) is 3.58. The zero-order valence-corrected chi connectivity index (χ0v) is 12.2. The molecule has 0 aliphatic carbocycles. The summed E-state index contributed by atoms with van der Waals surface area (Å²) in [7, 11) is 1.73. The lowest BCUT2D eigenvalue weighted by Crippen LogP contribution is -2.28. The highest BCUT2D eigenvalue weighted by atomic mass is 35.5. The summed E-state index contributed by atoms with van der Waals surface area (Å²) < 4.78 is 5.41. The van der Waals surface area contributed by atoms with Crippen molar-refractivity contribution in [3.63, 3.8) is 0 Å². The van der Waals surface area contributed by atoms with Crippen LogP contribution >= 0.6 is 12.4 Å². The van der Waals surface area contributed by atoms with E-state index in [0.29, 0.717) is 12.0 Å². The second kappa shape index (κ2) is 6.41. The van der Waals surface area contributed by atoms with Gasteiger partial charge in [0.15, 0.2) is 0 Å². The number of methoxy groups -OCH3 is 1. The van der Waals surface area contributed by atoms with Gasteiger partial charge in [0.25, 0.3) is 0 Å². The highest BCUT2D eigenvalue weighted by molar-refractivity contribution is 5.85. The Morgan fingerprint density at radius 3 is 2.67 bits per heavy atom. The van der Waals surface area contributed by atoms with Crippen LogP contribution in [-0.2, 0) is 6.54 Å². The number of hydrogen-bond donors (Lipinski definition) is 1. The van der Waals surface area contributed by atoms with Crippen LogP contribution in [0.25, 0.3) is 0 Å². The topological polar surface area (TPSA) is 38.5 Å². The number of halogens is 1. The van der Waals surface area contributed by atoms with Crippen LogP contribution in [0.1, 0.15) is 18.1 Å². The first-order valence-electron chi connectivity index (χ1n) is 6.21. The highest BCUT2D eigenvalue weighted by Gasteiger charge is 2.26. The molecule has 0 radical (unpaired) electrons. The van der Waals surface area contributed by atoms with E-state index >= 15 is 0 Å². The molecule has 1 aliphatic heterocycles. The SMILES string of the molecule is COc1ccc(C)cc1CN1CC(C)C(N)C1.Cl. The summed E-state index contributed by atoms with van der Waals surface area (Å²) in [6.45, 7) is 7.33. The van der Waals surface area contributed by atoms with Crippen LogP contribution in [0, 0.1) is 12.8 Å². The molecule has 2 atom stereocenters. The number of likely N-dealkylation sites (tertiary alicyclic amines) is 1. The van der Waals surface area contributed by atoms with Gasteiger partial charge in [-0.3, -0.25) is 4.90 Å². The lowest BCUT2D eigenvalue weighted by Gasteiger charge is -2.17. The Kier molecular flexibility index (Phi) is 5.45. The molecular formula is C14H23ClN2O. The van der Waals surface area contributed by atoms with Gasteiger partial charge in [0, 0.05) is 31.2 Å². The predicted octanol–water partition coefficient (Wildman–Crippen LogP) is 2.20. The van der Waals surface area contributed by atoms with Gasteiger partial charge in [0.05, 0.1) is 7.11 Å². The fourth-order valence-electron chi connectivity index (χ4n) is 2.50. The number of nitrogens with two attached hydrogens (primary N) is 1. The molecule has 1 saturated heterocycles. The number of ether oxygens (including phenoxy) is 1. The average Bonchev–Trinajstić information content (AvgIpc) is 2.58. The van der Waals surface area contributed by atoms with Crippen LogP contribution in [0.5, 0.6) is 5.75 Å². The second-order valence-electron chi connectivity index (χ2n) is 5.15. The lowest BCUT2D eigenvalue weighted by molar-refractivity contribution is 0.310. The van der Waals surface area contributed by atoms with Gasteiger partial charge in [-0.1, -0.05) is 24.6 Å². The molecule has 0 amide bonds. The standard InChI is InChI=1S/C14H22N2O.ClH/c1-10-4-5-14(17-3)12(6-10)8-16-7-11(2)13(15)9-16;/h4-6,11,13H,7-9,15H2,1-3H3;1H. The van der Waals surface area contributed by atoms with Crippen molar-refractivity contribution in [2.24, 2.45) is 11.7 Å². The summed E-state index contributed by atoms with van der Waals surface area (Å²) >= 11 is 0. The molecule has 2 rings (SSSR count). The Morgan fingerprint density at radius 1 is 1.39 bits per heavy atom. The fraction of sp³-hybridized carbons (Fsp3) is 0.571. The Balaban J connectivity index is 0.00000162. The fourth-order valence-corrected chi connectivity index (χ4v) is 2.50. The monoisotopic (exact) mass is 270 g/mol. The first-order valence-corrected chi connectivity index (χ1v) is 6.21. The van der Waals surface area contributed by atoms with Gasteiger partial charge in [-0.2, -0.15) is 0 Å². The Morgan fingerprint density at radius 2 is 2.11 bits per heavy atom. The number of aryl methyl sites for hydroxylation is 1. The Bertz CT molecular complexity index is 387. The summed E-state index contributed by atoms with van der Waals surface area (Å²) in [5.74, 6) is 1.56. The van der Waals surface area contributed by atoms with E-state index in [1.54, 1.807) is 7.11 Å². The molecule has 2 unspecified atom stereocenters. The Hall–Kier alpha value is -0.770. The molecule has 0 aromatic heterocycles. The normalized spacial score (nSPS) is 23.8. The zero-order valence-electron chi connectivity index (χ0n) is 11.3. The van der Waals surface area contributed by atoms with E-state index in [1.807, 2.05) is 6.07 Å². The number of benzene rings is 1. The van der Waals surface area contributed by atoms with Crippen LogP contribution in [0.4, 0.5) is 0 Å². The van der Waals surface area contributed by atoms with Gasteiger partial charge < -0.3 is 10.5 Å². The minimum atomic E-state index is 0. The maximum Gasteiger partial charge on any atom is 0.123 e. The van der Waals surface area contributed by atoms with Crippen LogP contribution in [-0.4, -0.2) is 31.1 Å². The van der Waals surface area contributed by atoms with Crippen LogP contribution in [0.2, 0.25) is 0 Å². The van der Waals surface area contributed by atoms with Crippen molar-refractivity contribution in [2.75, 3.05) is 20.2 Å². The molecule has 2 N–H and O–H groups in total. The molecule has 18 heavy (non-hydrogen) atoms. The molecular weight excluding hydrogens is 248 g/mol. The van der Waals surface area contributed by atoms with E-state index in [4.69, 9.17) is 10.5 Å². The van der Waals surface area contributed by atoms with E-state index in [2.05, 4.69) is 30.9 Å². The molecule has 0 bridgehead atoms. The largest absolute Gasteiger partial charge is 0.496 e. The van der Waals surface area contributed by atoms with Crippen molar-refractivity contribution in [3.8, 4) is 5.75 Å². The van der Waals surface area contributed by atoms with Gasteiger partial charge in [0.1, 0.15) is 5.75 Å². The first kappa shape index (κ1) is 15.3. The number of rotatable bonds is 3. The molecule has 1 aromatic rings. The maximum atomic E-state index is 6.05. The second-order valence-corrected chi connectivity index (χ2v) is 5.15. The van der Waals surface area contributed by atoms with Crippen molar-refractivity contribution >= 4 is 12.4 Å². The molecule has 0 saturated carbocycles. The summed E-state index contributed by atoms with van der Waals surface area (Å²) in [5.41, 5.74) is 8.58. The van der Waals surface area contributed by atoms with Crippen molar-refractivity contribution in [1.82, 2.24) is 4.90 Å². The Labute approximate surface area is 116 Å². The third kappa shape index (κ3) is 3.37. The van der Waals surface area contributed by atoms with Crippen molar-refractivity contribution in [3.05, 3.63) is 29.3 Å². The molecule has 3 nitrogen and oxygen atoms in total. The molecule has 102 valence electrons. The smallest absolute Gasteiger partial charge is 0.123 e. The summed E-state index contributed by atoms with van der Waals surface area (Å²) in [4.78, 5) is 2.41. The first-order chi connectivity index (χ1) is 8.10. The molecule has 4 heteroatoms. The molecule has 1 heterocycles. The van der Waals surface area contributed by atoms with E-state index < -0.39 is 0 Å². The van der Waals surface area contributed by atoms with E-state index in [-0.39, 0.29) is 12.4 Å². The van der Waals surface area contributed by atoms with E-state index in [9.17, 15) is 0 Å². The lowest BCUT2D eigenvalue weighted by atomic mass is 10.1. The van der Waals surface area contributed by atoms with Crippen LogP contribution in [0.3, 0.4) is 0 Å². The third-order valence-electron chi connectivity index (χ3n) is 3.58.